The van der Waals surface area contributed by atoms with E-state index in [4.69, 9.17) is 4.74 Å². The Bertz CT molecular complexity index is 675. The fourth-order valence-electron chi connectivity index (χ4n) is 2.83. The average Bonchev–Trinajstić information content (AvgIpc) is 2.56. The number of amides is 2. The van der Waals surface area contributed by atoms with Crippen LogP contribution in [0.15, 0.2) is 35.5 Å². The molecule has 2 rings (SSSR count). The molecule has 2 N–H and O–H groups in total. The van der Waals surface area contributed by atoms with Crippen molar-refractivity contribution in [1.82, 2.24) is 15.5 Å². The molecule has 0 unspecified atom stereocenters. The van der Waals surface area contributed by atoms with Crippen LogP contribution < -0.4 is 10.6 Å². The van der Waals surface area contributed by atoms with Gasteiger partial charge in [-0.25, -0.2) is 14.0 Å². The van der Waals surface area contributed by atoms with Crippen LogP contribution in [0, 0.1) is 5.82 Å². The lowest BCUT2D eigenvalue weighted by atomic mass is 10.00. The van der Waals surface area contributed by atoms with E-state index in [1.54, 1.807) is 32.2 Å². The number of urea groups is 1. The maximum absolute atomic E-state index is 13.8. The minimum Gasteiger partial charge on any atom is -0.463 e. The number of nitrogens with zero attached hydrogens (tertiary/aromatic N) is 1. The first-order valence-electron chi connectivity index (χ1n) is 8.35. The van der Waals surface area contributed by atoms with Crippen molar-refractivity contribution in [2.75, 3.05) is 20.2 Å². The van der Waals surface area contributed by atoms with Crippen molar-refractivity contribution in [3.05, 3.63) is 46.9 Å². The van der Waals surface area contributed by atoms with Gasteiger partial charge in [-0.3, -0.25) is 4.90 Å². The van der Waals surface area contributed by atoms with E-state index in [2.05, 4.69) is 10.6 Å². The lowest BCUT2D eigenvalue weighted by molar-refractivity contribution is -0.139. The summed E-state index contributed by atoms with van der Waals surface area (Å²) in [4.78, 5) is 26.0. The number of likely N-dealkylation sites (N-methyl/N-ethyl adjacent to an activating group) is 1. The molecule has 1 aliphatic heterocycles. The first-order valence-corrected chi connectivity index (χ1v) is 8.35. The lowest BCUT2D eigenvalue weighted by Crippen LogP contribution is -2.51. The van der Waals surface area contributed by atoms with Gasteiger partial charge in [-0.05, 0) is 26.5 Å². The Morgan fingerprint density at radius 2 is 2.00 bits per heavy atom. The van der Waals surface area contributed by atoms with Crippen molar-refractivity contribution in [3.8, 4) is 0 Å². The van der Waals surface area contributed by atoms with Gasteiger partial charge in [0.05, 0.1) is 18.2 Å². The SMILES string of the molecule is CCOC(=O)C1=C(CN(C)Cc2ccccc2F)NC(=O)N[C@@H]1CC. The molecule has 1 aromatic rings. The number of rotatable bonds is 7. The summed E-state index contributed by atoms with van der Waals surface area (Å²) in [7, 11) is 1.80. The maximum atomic E-state index is 13.8. The topological polar surface area (TPSA) is 70.7 Å². The second kappa shape index (κ2) is 8.62. The van der Waals surface area contributed by atoms with Crippen molar-refractivity contribution in [3.63, 3.8) is 0 Å². The van der Waals surface area contributed by atoms with E-state index in [1.807, 2.05) is 11.8 Å². The molecule has 6 nitrogen and oxygen atoms in total. The minimum atomic E-state index is -0.448. The van der Waals surface area contributed by atoms with Gasteiger partial charge in [-0.2, -0.15) is 0 Å². The largest absolute Gasteiger partial charge is 0.463 e. The van der Waals surface area contributed by atoms with E-state index >= 15 is 0 Å². The Balaban J connectivity index is 2.23. The predicted molar refractivity (Wildman–Crippen MR) is 92.1 cm³/mol. The summed E-state index contributed by atoms with van der Waals surface area (Å²) < 4.78 is 19.0. The van der Waals surface area contributed by atoms with Crippen LogP contribution in [-0.4, -0.2) is 43.1 Å². The van der Waals surface area contributed by atoms with Gasteiger partial charge >= 0.3 is 12.0 Å². The standard InChI is InChI=1S/C18H24FN3O3/c1-4-14-16(17(23)25-5-2)15(21-18(24)20-14)11-22(3)10-12-8-6-7-9-13(12)19/h6-9,14H,4-5,10-11H2,1-3H3,(H2,20,21,24)/t14-/m1/s1. The third kappa shape index (κ3) is 4.79. The third-order valence-corrected chi connectivity index (χ3v) is 3.97. The Morgan fingerprint density at radius 1 is 1.28 bits per heavy atom. The van der Waals surface area contributed by atoms with Crippen LogP contribution in [0.3, 0.4) is 0 Å². The number of carbonyl (C=O) groups is 2. The van der Waals surface area contributed by atoms with Gasteiger partial charge < -0.3 is 15.4 Å². The molecule has 0 aromatic heterocycles. The van der Waals surface area contributed by atoms with Gasteiger partial charge in [-0.1, -0.05) is 25.1 Å². The maximum Gasteiger partial charge on any atom is 0.337 e. The molecule has 0 fully saturated rings. The summed E-state index contributed by atoms with van der Waals surface area (Å²) in [5.41, 5.74) is 1.47. The van der Waals surface area contributed by atoms with Crippen LogP contribution >= 0.6 is 0 Å². The molecule has 0 saturated carbocycles. The molecule has 0 bridgehead atoms. The van der Waals surface area contributed by atoms with E-state index < -0.39 is 12.0 Å². The van der Waals surface area contributed by atoms with Crippen molar-refractivity contribution in [2.45, 2.75) is 32.9 Å². The number of nitrogens with one attached hydrogen (secondary N) is 2. The van der Waals surface area contributed by atoms with E-state index in [1.165, 1.54) is 6.07 Å². The molecule has 0 radical (unpaired) electrons. The highest BCUT2D eigenvalue weighted by Gasteiger charge is 2.31. The van der Waals surface area contributed by atoms with Gasteiger partial charge in [0.1, 0.15) is 5.82 Å². The van der Waals surface area contributed by atoms with Crippen LogP contribution in [-0.2, 0) is 16.1 Å². The second-order valence-electron chi connectivity index (χ2n) is 5.94. The van der Waals surface area contributed by atoms with Gasteiger partial charge in [0.2, 0.25) is 0 Å². The van der Waals surface area contributed by atoms with Crippen LogP contribution in [0.25, 0.3) is 0 Å². The summed E-state index contributed by atoms with van der Waals surface area (Å²) in [6, 6.07) is 5.78. The van der Waals surface area contributed by atoms with Crippen LogP contribution in [0.1, 0.15) is 25.8 Å². The van der Waals surface area contributed by atoms with Crippen LogP contribution in [0.4, 0.5) is 9.18 Å². The van der Waals surface area contributed by atoms with Crippen LogP contribution in [0.5, 0.6) is 0 Å². The average molecular weight is 349 g/mol. The molecule has 1 aliphatic rings. The van der Waals surface area contributed by atoms with E-state index in [0.717, 1.165) is 0 Å². The molecule has 7 heteroatoms. The summed E-state index contributed by atoms with van der Waals surface area (Å²) in [6.45, 7) is 4.53. The van der Waals surface area contributed by atoms with Gasteiger partial charge in [0.15, 0.2) is 0 Å². The Kier molecular flexibility index (Phi) is 6.52. The number of halogens is 1. The quantitative estimate of drug-likeness (QED) is 0.740. The highest BCUT2D eigenvalue weighted by atomic mass is 19.1. The molecule has 136 valence electrons. The van der Waals surface area contributed by atoms with Gasteiger partial charge in [0.25, 0.3) is 0 Å². The smallest absolute Gasteiger partial charge is 0.337 e. The molecule has 0 aliphatic carbocycles. The molecule has 1 aromatic carbocycles. The number of carbonyl (C=O) groups excluding carboxylic acids is 2. The zero-order valence-corrected chi connectivity index (χ0v) is 14.8. The second-order valence-corrected chi connectivity index (χ2v) is 5.94. The molecular formula is C18H24FN3O3. The molecule has 25 heavy (non-hydrogen) atoms. The Hall–Kier alpha value is -2.41. The zero-order valence-electron chi connectivity index (χ0n) is 14.8. The number of ether oxygens (including phenoxy) is 1. The summed E-state index contributed by atoms with van der Waals surface area (Å²) >= 11 is 0. The lowest BCUT2D eigenvalue weighted by Gasteiger charge is -2.30. The van der Waals surface area contributed by atoms with Crippen molar-refractivity contribution in [1.29, 1.82) is 0 Å². The first kappa shape index (κ1) is 18.9. The van der Waals surface area contributed by atoms with Gasteiger partial charge in [-0.15, -0.1) is 0 Å². The molecule has 1 atom stereocenters. The highest BCUT2D eigenvalue weighted by Crippen LogP contribution is 2.18. The number of esters is 1. The fraction of sp³-hybridized carbons (Fsp3) is 0.444. The van der Waals surface area contributed by atoms with Crippen molar-refractivity contribution >= 4 is 12.0 Å². The third-order valence-electron chi connectivity index (χ3n) is 3.97. The van der Waals surface area contributed by atoms with Gasteiger partial charge in [0, 0.05) is 24.4 Å². The molecule has 1 heterocycles. The normalized spacial score (nSPS) is 17.3. The van der Waals surface area contributed by atoms with E-state index in [0.29, 0.717) is 36.3 Å². The summed E-state index contributed by atoms with van der Waals surface area (Å²) in [5, 5.41) is 5.42. The molecule has 2 amide bonds. The minimum absolute atomic E-state index is 0.255. The van der Waals surface area contributed by atoms with E-state index in [9.17, 15) is 14.0 Å². The highest BCUT2D eigenvalue weighted by molar-refractivity contribution is 5.94. The number of hydrogen-bond donors (Lipinski definition) is 2. The van der Waals surface area contributed by atoms with Crippen molar-refractivity contribution < 1.29 is 18.7 Å². The fourth-order valence-corrected chi connectivity index (χ4v) is 2.83. The summed E-state index contributed by atoms with van der Waals surface area (Å²) in [5.74, 6) is -0.731. The van der Waals surface area contributed by atoms with Crippen LogP contribution in [0.2, 0.25) is 0 Å². The molecule has 0 saturated heterocycles. The summed E-state index contributed by atoms with van der Waals surface area (Å²) in [6.07, 6.45) is 0.572. The Labute approximate surface area is 147 Å². The monoisotopic (exact) mass is 349 g/mol. The predicted octanol–water partition coefficient (Wildman–Crippen LogP) is 2.17. The Morgan fingerprint density at radius 3 is 2.64 bits per heavy atom. The van der Waals surface area contributed by atoms with E-state index in [-0.39, 0.29) is 18.5 Å². The van der Waals surface area contributed by atoms with Crippen molar-refractivity contribution in [2.24, 2.45) is 0 Å². The molecule has 0 spiro atoms. The molecular weight excluding hydrogens is 325 g/mol. The number of hydrogen-bond acceptors (Lipinski definition) is 4. The first-order chi connectivity index (χ1) is 12.0. The zero-order chi connectivity index (χ0) is 18.4. The number of benzene rings is 1.